The van der Waals surface area contributed by atoms with Crippen molar-refractivity contribution in [1.29, 1.82) is 0 Å². The predicted molar refractivity (Wildman–Crippen MR) is 84.9 cm³/mol. The highest BCUT2D eigenvalue weighted by molar-refractivity contribution is 9.10. The molecule has 0 spiro atoms. The Kier molecular flexibility index (Phi) is 5.20. The van der Waals surface area contributed by atoms with Gasteiger partial charge in [-0.25, -0.2) is 4.39 Å². The summed E-state index contributed by atoms with van der Waals surface area (Å²) < 4.78 is 13.8. The van der Waals surface area contributed by atoms with Crippen molar-refractivity contribution in [3.63, 3.8) is 0 Å². The topological polar surface area (TPSA) is 29.1 Å². The van der Waals surface area contributed by atoms with Crippen molar-refractivity contribution in [3.05, 3.63) is 58.3 Å². The van der Waals surface area contributed by atoms with E-state index in [0.29, 0.717) is 4.47 Å². The summed E-state index contributed by atoms with van der Waals surface area (Å²) in [5.74, 6) is 0.145. The highest BCUT2D eigenvalue weighted by Gasteiger charge is 2.13. The lowest BCUT2D eigenvalue weighted by Gasteiger charge is -2.11. The highest BCUT2D eigenvalue weighted by atomic mass is 79.9. The zero-order valence-electron chi connectivity index (χ0n) is 10.8. The van der Waals surface area contributed by atoms with Gasteiger partial charge >= 0.3 is 0 Å². The third kappa shape index (κ3) is 3.61. The summed E-state index contributed by atoms with van der Waals surface area (Å²) in [4.78, 5) is 13.2. The van der Waals surface area contributed by atoms with Crippen LogP contribution in [0.2, 0.25) is 0 Å². The maximum absolute atomic E-state index is 13.2. The lowest BCUT2D eigenvalue weighted by molar-refractivity contribution is 0.102. The monoisotopic (exact) mass is 353 g/mol. The van der Waals surface area contributed by atoms with Gasteiger partial charge < -0.3 is 5.32 Å². The standard InChI is InChI=1S/C15H13BrFNOS/c1-2-20-14-6-4-3-5-13(14)18-15(19)11-9-10(17)7-8-12(11)16/h3-9H,2H2,1H3,(H,18,19). The van der Waals surface area contributed by atoms with E-state index in [4.69, 9.17) is 0 Å². The summed E-state index contributed by atoms with van der Waals surface area (Å²) in [5.41, 5.74) is 1.02. The number of para-hydroxylation sites is 1. The Labute approximate surface area is 129 Å². The molecule has 20 heavy (non-hydrogen) atoms. The van der Waals surface area contributed by atoms with Gasteiger partial charge in [-0.2, -0.15) is 0 Å². The molecule has 0 atom stereocenters. The lowest BCUT2D eigenvalue weighted by atomic mass is 10.2. The first-order valence-corrected chi connectivity index (χ1v) is 7.88. The zero-order chi connectivity index (χ0) is 14.5. The molecule has 1 N–H and O–H groups in total. The molecule has 0 unspecified atom stereocenters. The average Bonchev–Trinajstić information content (AvgIpc) is 2.44. The van der Waals surface area contributed by atoms with Gasteiger partial charge in [0.2, 0.25) is 0 Å². The lowest BCUT2D eigenvalue weighted by Crippen LogP contribution is -2.13. The molecule has 0 aliphatic carbocycles. The molecular formula is C15H13BrFNOS. The first-order chi connectivity index (χ1) is 9.61. The van der Waals surface area contributed by atoms with E-state index in [1.165, 1.54) is 18.2 Å². The van der Waals surface area contributed by atoms with E-state index < -0.39 is 5.82 Å². The number of hydrogen-bond acceptors (Lipinski definition) is 2. The molecular weight excluding hydrogens is 341 g/mol. The number of thioether (sulfide) groups is 1. The molecule has 2 aromatic rings. The van der Waals surface area contributed by atoms with Gasteiger partial charge in [0.05, 0.1) is 11.3 Å². The maximum atomic E-state index is 13.2. The molecule has 0 heterocycles. The van der Waals surface area contributed by atoms with Gasteiger partial charge in [-0.1, -0.05) is 19.1 Å². The van der Waals surface area contributed by atoms with Crippen LogP contribution in [0.4, 0.5) is 10.1 Å². The summed E-state index contributed by atoms with van der Waals surface area (Å²) >= 11 is 4.91. The SMILES string of the molecule is CCSc1ccccc1NC(=O)c1cc(F)ccc1Br. The average molecular weight is 354 g/mol. The molecule has 0 aromatic heterocycles. The minimum atomic E-state index is -0.436. The van der Waals surface area contributed by atoms with Crippen LogP contribution in [-0.2, 0) is 0 Å². The molecule has 2 nitrogen and oxygen atoms in total. The second-order valence-corrected chi connectivity index (χ2v) is 6.17. The second kappa shape index (κ2) is 6.90. The third-order valence-corrected chi connectivity index (χ3v) is 4.26. The summed E-state index contributed by atoms with van der Waals surface area (Å²) in [7, 11) is 0. The van der Waals surface area contributed by atoms with Crippen molar-refractivity contribution >= 4 is 39.3 Å². The number of anilines is 1. The van der Waals surface area contributed by atoms with Crippen molar-refractivity contribution < 1.29 is 9.18 Å². The van der Waals surface area contributed by atoms with Crippen LogP contribution in [0.25, 0.3) is 0 Å². The Morgan fingerprint density at radius 2 is 2.05 bits per heavy atom. The van der Waals surface area contributed by atoms with Crippen molar-refractivity contribution in [1.82, 2.24) is 0 Å². The fourth-order valence-electron chi connectivity index (χ4n) is 1.71. The minimum absolute atomic E-state index is 0.279. The summed E-state index contributed by atoms with van der Waals surface area (Å²) in [6, 6.07) is 11.6. The maximum Gasteiger partial charge on any atom is 0.256 e. The van der Waals surface area contributed by atoms with Crippen molar-refractivity contribution in [2.45, 2.75) is 11.8 Å². The van der Waals surface area contributed by atoms with Gasteiger partial charge in [0, 0.05) is 9.37 Å². The first kappa shape index (κ1) is 15.1. The number of carbonyl (C=O) groups excluding carboxylic acids is 1. The predicted octanol–water partition coefficient (Wildman–Crippen LogP) is 4.95. The van der Waals surface area contributed by atoms with Gasteiger partial charge in [-0.05, 0) is 52.0 Å². The Bertz CT molecular complexity index is 633. The van der Waals surface area contributed by atoms with Gasteiger partial charge in [-0.3, -0.25) is 4.79 Å². The van der Waals surface area contributed by atoms with Gasteiger partial charge in [-0.15, -0.1) is 11.8 Å². The van der Waals surface area contributed by atoms with Crippen LogP contribution < -0.4 is 5.32 Å². The van der Waals surface area contributed by atoms with E-state index >= 15 is 0 Å². The molecule has 0 aliphatic heterocycles. The van der Waals surface area contributed by atoms with E-state index in [-0.39, 0.29) is 11.5 Å². The zero-order valence-corrected chi connectivity index (χ0v) is 13.2. The Hall–Kier alpha value is -1.33. The molecule has 1 amide bonds. The molecule has 0 bridgehead atoms. The van der Waals surface area contributed by atoms with E-state index in [9.17, 15) is 9.18 Å². The van der Waals surface area contributed by atoms with Crippen LogP contribution in [0.1, 0.15) is 17.3 Å². The van der Waals surface area contributed by atoms with Gasteiger partial charge in [0.15, 0.2) is 0 Å². The number of carbonyl (C=O) groups is 1. The van der Waals surface area contributed by atoms with Crippen LogP contribution in [0.5, 0.6) is 0 Å². The van der Waals surface area contributed by atoms with Gasteiger partial charge in [0.25, 0.3) is 5.91 Å². The number of hydrogen-bond donors (Lipinski definition) is 1. The van der Waals surface area contributed by atoms with Crippen LogP contribution >= 0.6 is 27.7 Å². The number of rotatable bonds is 4. The van der Waals surface area contributed by atoms with E-state index in [2.05, 4.69) is 21.2 Å². The fraction of sp³-hybridized carbons (Fsp3) is 0.133. The molecule has 2 aromatic carbocycles. The first-order valence-electron chi connectivity index (χ1n) is 6.10. The molecule has 0 aliphatic rings. The summed E-state index contributed by atoms with van der Waals surface area (Å²) in [5, 5.41) is 2.82. The molecule has 0 fully saturated rings. The number of halogens is 2. The summed E-state index contributed by atoms with van der Waals surface area (Å²) in [6.45, 7) is 2.05. The molecule has 2 rings (SSSR count). The smallest absolute Gasteiger partial charge is 0.256 e. The minimum Gasteiger partial charge on any atom is -0.321 e. The van der Waals surface area contributed by atoms with E-state index in [1.54, 1.807) is 11.8 Å². The van der Waals surface area contributed by atoms with Crippen molar-refractivity contribution in [2.75, 3.05) is 11.1 Å². The quantitative estimate of drug-likeness (QED) is 0.787. The van der Waals surface area contributed by atoms with Crippen LogP contribution in [0, 0.1) is 5.82 Å². The van der Waals surface area contributed by atoms with Crippen LogP contribution in [0.3, 0.4) is 0 Å². The van der Waals surface area contributed by atoms with Crippen molar-refractivity contribution in [3.8, 4) is 0 Å². The fourth-order valence-corrected chi connectivity index (χ4v) is 2.90. The molecule has 0 saturated carbocycles. The van der Waals surface area contributed by atoms with E-state index in [1.807, 2.05) is 31.2 Å². The Morgan fingerprint density at radius 1 is 1.30 bits per heavy atom. The van der Waals surface area contributed by atoms with Crippen LogP contribution in [0.15, 0.2) is 51.8 Å². The summed E-state index contributed by atoms with van der Waals surface area (Å²) in [6.07, 6.45) is 0. The largest absolute Gasteiger partial charge is 0.321 e. The highest BCUT2D eigenvalue weighted by Crippen LogP contribution is 2.28. The number of amides is 1. The number of nitrogens with one attached hydrogen (secondary N) is 1. The Morgan fingerprint density at radius 3 is 2.80 bits per heavy atom. The third-order valence-electron chi connectivity index (χ3n) is 2.61. The molecule has 104 valence electrons. The Balaban J connectivity index is 2.26. The molecule has 0 saturated heterocycles. The van der Waals surface area contributed by atoms with Gasteiger partial charge in [0.1, 0.15) is 5.82 Å². The van der Waals surface area contributed by atoms with E-state index in [0.717, 1.165) is 16.3 Å². The normalized spacial score (nSPS) is 10.3. The second-order valence-electron chi connectivity index (χ2n) is 4.01. The van der Waals surface area contributed by atoms with Crippen LogP contribution in [-0.4, -0.2) is 11.7 Å². The molecule has 5 heteroatoms. The molecule has 0 radical (unpaired) electrons. The number of benzene rings is 2. The van der Waals surface area contributed by atoms with Crippen molar-refractivity contribution in [2.24, 2.45) is 0 Å².